The Morgan fingerprint density at radius 2 is 1.83 bits per heavy atom. The molecule has 2 bridgehead atoms. The number of hydrogen-bond acceptors (Lipinski definition) is 5. The highest BCUT2D eigenvalue weighted by molar-refractivity contribution is 7.80. The normalized spacial score (nSPS) is 22.4. The molecule has 8 heteroatoms. The third-order valence-electron chi connectivity index (χ3n) is 6.61. The molecule has 0 aliphatic carbocycles. The summed E-state index contributed by atoms with van der Waals surface area (Å²) in [7, 11) is 3.21. The van der Waals surface area contributed by atoms with Gasteiger partial charge < -0.3 is 24.8 Å². The number of nitrogens with zero attached hydrogens (tertiary/aromatic N) is 1. The van der Waals surface area contributed by atoms with Crippen molar-refractivity contribution in [2.45, 2.75) is 25.6 Å². The molecule has 0 aromatic heterocycles. The molecule has 3 aromatic carbocycles. The zero-order valence-electron chi connectivity index (χ0n) is 20.0. The predicted molar refractivity (Wildman–Crippen MR) is 139 cm³/mol. The van der Waals surface area contributed by atoms with Crippen molar-refractivity contribution in [3.05, 3.63) is 77.9 Å². The van der Waals surface area contributed by atoms with Crippen molar-refractivity contribution in [2.24, 2.45) is 5.92 Å². The van der Waals surface area contributed by atoms with Crippen LogP contribution < -0.4 is 29.7 Å². The summed E-state index contributed by atoms with van der Waals surface area (Å²) in [5.41, 5.74) is 2.27. The number of amides is 1. The van der Waals surface area contributed by atoms with E-state index in [2.05, 4.69) is 10.6 Å². The standard InChI is InChI=1S/C27H27N3O4S/c1-16-7-5-8-18(15-16)30-26(35)29-23-20-9-6-10-21(33-4)24(20)34-27(30,2)22(23)25(31)28-17-11-13-19(32-3)14-12-17/h5-15,22-23H,1-4H3,(H,28,31)(H,29,35)/t22-,23-,27+/m1/s1. The van der Waals surface area contributed by atoms with Crippen molar-refractivity contribution < 1.29 is 19.0 Å². The Morgan fingerprint density at radius 1 is 1.09 bits per heavy atom. The number of hydrogen-bond donors (Lipinski definition) is 2. The van der Waals surface area contributed by atoms with Gasteiger partial charge in [0.1, 0.15) is 11.7 Å². The van der Waals surface area contributed by atoms with Crippen LogP contribution in [0.2, 0.25) is 0 Å². The second-order valence-corrected chi connectivity index (χ2v) is 9.22. The maximum Gasteiger partial charge on any atom is 0.236 e. The van der Waals surface area contributed by atoms with Gasteiger partial charge in [0.2, 0.25) is 5.91 Å². The summed E-state index contributed by atoms with van der Waals surface area (Å²) >= 11 is 5.82. The molecule has 35 heavy (non-hydrogen) atoms. The minimum absolute atomic E-state index is 0.191. The molecule has 3 atom stereocenters. The highest BCUT2D eigenvalue weighted by Crippen LogP contribution is 2.52. The van der Waals surface area contributed by atoms with Crippen LogP contribution in [0.3, 0.4) is 0 Å². The highest BCUT2D eigenvalue weighted by Gasteiger charge is 2.59. The Hall–Kier alpha value is -3.78. The highest BCUT2D eigenvalue weighted by atomic mass is 32.1. The first-order valence-corrected chi connectivity index (χ1v) is 11.7. The summed E-state index contributed by atoms with van der Waals surface area (Å²) in [6.45, 7) is 3.92. The van der Waals surface area contributed by atoms with Crippen LogP contribution in [0.15, 0.2) is 66.7 Å². The average Bonchev–Trinajstić information content (AvgIpc) is 2.83. The van der Waals surface area contributed by atoms with E-state index < -0.39 is 17.7 Å². The first-order valence-electron chi connectivity index (χ1n) is 11.3. The Morgan fingerprint density at radius 3 is 2.51 bits per heavy atom. The molecule has 3 aromatic rings. The molecule has 1 amide bonds. The molecule has 2 heterocycles. The minimum Gasteiger partial charge on any atom is -0.497 e. The molecule has 2 N–H and O–H groups in total. The lowest BCUT2D eigenvalue weighted by Gasteiger charge is -2.56. The van der Waals surface area contributed by atoms with E-state index >= 15 is 0 Å². The van der Waals surface area contributed by atoms with Gasteiger partial charge in [0.05, 0.1) is 20.3 Å². The fourth-order valence-corrected chi connectivity index (χ4v) is 5.39. The Bertz CT molecular complexity index is 1300. The van der Waals surface area contributed by atoms with Crippen LogP contribution in [0.4, 0.5) is 11.4 Å². The Balaban J connectivity index is 1.62. The van der Waals surface area contributed by atoms with Gasteiger partial charge in [0.15, 0.2) is 22.3 Å². The number of benzene rings is 3. The van der Waals surface area contributed by atoms with E-state index in [0.717, 1.165) is 16.8 Å². The van der Waals surface area contributed by atoms with Crippen molar-refractivity contribution in [2.75, 3.05) is 24.4 Å². The minimum atomic E-state index is -1.13. The molecular weight excluding hydrogens is 462 g/mol. The van der Waals surface area contributed by atoms with Gasteiger partial charge in [-0.3, -0.25) is 9.69 Å². The quantitative estimate of drug-likeness (QED) is 0.498. The zero-order chi connectivity index (χ0) is 24.7. The van der Waals surface area contributed by atoms with Gasteiger partial charge in [-0.1, -0.05) is 24.3 Å². The van der Waals surface area contributed by atoms with Crippen molar-refractivity contribution in [3.63, 3.8) is 0 Å². The number of nitrogens with one attached hydrogen (secondary N) is 2. The lowest BCUT2D eigenvalue weighted by Crippen LogP contribution is -2.72. The lowest BCUT2D eigenvalue weighted by molar-refractivity contribution is -0.130. The van der Waals surface area contributed by atoms with Gasteiger partial charge in [-0.25, -0.2) is 0 Å². The fourth-order valence-electron chi connectivity index (χ4n) is 4.98. The SMILES string of the molecule is COc1ccc(NC(=O)[C@H]2[C@@H]3NC(=S)N(c4cccc(C)c4)[C@@]2(C)Oc2c(OC)cccc23)cc1. The van der Waals surface area contributed by atoms with Gasteiger partial charge in [-0.05, 0) is 74.1 Å². The summed E-state index contributed by atoms with van der Waals surface area (Å²) in [6, 6.07) is 20.5. The molecule has 0 unspecified atom stereocenters. The summed E-state index contributed by atoms with van der Waals surface area (Å²) in [5, 5.41) is 6.97. The van der Waals surface area contributed by atoms with Crippen LogP contribution >= 0.6 is 12.2 Å². The van der Waals surface area contributed by atoms with Crippen LogP contribution in [0.5, 0.6) is 17.2 Å². The number of aryl methyl sites for hydroxylation is 1. The van der Waals surface area contributed by atoms with Gasteiger partial charge in [-0.15, -0.1) is 0 Å². The third kappa shape index (κ3) is 3.83. The van der Waals surface area contributed by atoms with Crippen molar-refractivity contribution in [1.82, 2.24) is 5.32 Å². The summed E-state index contributed by atoms with van der Waals surface area (Å²) in [6.07, 6.45) is 0. The number of fused-ring (bicyclic) bond motifs is 4. The van der Waals surface area contributed by atoms with Crippen LogP contribution in [-0.2, 0) is 4.79 Å². The number of thiocarbonyl (C=S) groups is 1. The second-order valence-electron chi connectivity index (χ2n) is 8.83. The maximum absolute atomic E-state index is 13.9. The molecule has 2 aliphatic rings. The average molecular weight is 490 g/mol. The smallest absolute Gasteiger partial charge is 0.236 e. The number of para-hydroxylation sites is 1. The van der Waals surface area contributed by atoms with E-state index in [9.17, 15) is 4.79 Å². The molecule has 0 radical (unpaired) electrons. The summed E-state index contributed by atoms with van der Waals surface area (Å²) < 4.78 is 17.5. The van der Waals surface area contributed by atoms with Crippen LogP contribution in [0.25, 0.3) is 0 Å². The third-order valence-corrected chi connectivity index (χ3v) is 6.91. The van der Waals surface area contributed by atoms with E-state index in [-0.39, 0.29) is 5.91 Å². The summed E-state index contributed by atoms with van der Waals surface area (Å²) in [5.74, 6) is 1.09. The molecule has 1 fully saturated rings. The number of carbonyl (C=O) groups excluding carboxylic acids is 1. The van der Waals surface area contributed by atoms with Crippen molar-refractivity contribution in [1.29, 1.82) is 0 Å². The zero-order valence-corrected chi connectivity index (χ0v) is 20.8. The first-order chi connectivity index (χ1) is 16.9. The molecule has 2 aliphatic heterocycles. The molecule has 7 nitrogen and oxygen atoms in total. The molecular formula is C27H27N3O4S. The second kappa shape index (κ2) is 8.78. The van der Waals surface area contributed by atoms with Gasteiger partial charge >= 0.3 is 0 Å². The largest absolute Gasteiger partial charge is 0.497 e. The van der Waals surface area contributed by atoms with Gasteiger partial charge in [-0.2, -0.15) is 0 Å². The van der Waals surface area contributed by atoms with E-state index in [0.29, 0.717) is 28.0 Å². The molecule has 5 rings (SSSR count). The number of methoxy groups -OCH3 is 2. The summed E-state index contributed by atoms with van der Waals surface area (Å²) in [4.78, 5) is 15.8. The van der Waals surface area contributed by atoms with Crippen molar-refractivity contribution in [3.8, 4) is 17.2 Å². The van der Waals surface area contributed by atoms with Crippen molar-refractivity contribution >= 4 is 34.6 Å². The molecule has 0 saturated carbocycles. The van der Waals surface area contributed by atoms with Gasteiger partial charge in [0.25, 0.3) is 0 Å². The topological polar surface area (TPSA) is 72.1 Å². The molecule has 1 saturated heterocycles. The van der Waals surface area contributed by atoms with Crippen LogP contribution in [0.1, 0.15) is 24.1 Å². The first kappa shape index (κ1) is 23.0. The number of anilines is 2. The fraction of sp³-hybridized carbons (Fsp3) is 0.259. The Kier molecular flexibility index (Phi) is 5.76. The van der Waals surface area contributed by atoms with Crippen LogP contribution in [0, 0.1) is 12.8 Å². The molecule has 180 valence electrons. The molecule has 0 spiro atoms. The number of rotatable bonds is 5. The van der Waals surface area contributed by atoms with E-state index in [1.807, 2.05) is 85.5 Å². The van der Waals surface area contributed by atoms with E-state index in [1.165, 1.54) is 0 Å². The van der Waals surface area contributed by atoms with Gasteiger partial charge in [0, 0.05) is 16.9 Å². The maximum atomic E-state index is 13.9. The number of ether oxygens (including phenoxy) is 3. The lowest BCUT2D eigenvalue weighted by atomic mass is 9.78. The van der Waals surface area contributed by atoms with E-state index in [4.69, 9.17) is 26.4 Å². The monoisotopic (exact) mass is 489 g/mol. The van der Waals surface area contributed by atoms with Crippen LogP contribution in [-0.4, -0.2) is 31.0 Å². The number of carbonyl (C=O) groups is 1. The predicted octanol–water partition coefficient (Wildman–Crippen LogP) is 4.81. The Labute approximate surface area is 210 Å². The van der Waals surface area contributed by atoms with E-state index in [1.54, 1.807) is 14.2 Å².